The first kappa shape index (κ1) is 11.9. The second kappa shape index (κ2) is 5.14. The van der Waals surface area contributed by atoms with Gasteiger partial charge in [0.15, 0.2) is 0 Å². The lowest BCUT2D eigenvalue weighted by Gasteiger charge is -1.97. The van der Waals surface area contributed by atoms with Crippen LogP contribution in [-0.4, -0.2) is 22.4 Å². The van der Waals surface area contributed by atoms with E-state index in [1.165, 1.54) is 12.1 Å². The molecule has 90 valence electrons. The van der Waals surface area contributed by atoms with Gasteiger partial charge in [-0.15, -0.1) is 0 Å². The SMILES string of the molecule is O=C(O)c1ccc(C=Nc2cccc(O)c2)cc1. The molecule has 2 aromatic rings. The van der Waals surface area contributed by atoms with E-state index in [0.717, 1.165) is 5.56 Å². The molecule has 0 spiro atoms. The summed E-state index contributed by atoms with van der Waals surface area (Å²) < 4.78 is 0. The van der Waals surface area contributed by atoms with Gasteiger partial charge in [-0.2, -0.15) is 0 Å². The van der Waals surface area contributed by atoms with Gasteiger partial charge in [-0.1, -0.05) is 18.2 Å². The lowest BCUT2D eigenvalue weighted by atomic mass is 10.1. The Hall–Kier alpha value is -2.62. The Morgan fingerprint density at radius 3 is 2.44 bits per heavy atom. The largest absolute Gasteiger partial charge is 0.508 e. The molecule has 0 heterocycles. The van der Waals surface area contributed by atoms with Crippen LogP contribution in [0.2, 0.25) is 0 Å². The van der Waals surface area contributed by atoms with Gasteiger partial charge in [-0.05, 0) is 29.8 Å². The third kappa shape index (κ3) is 2.95. The molecule has 4 nitrogen and oxygen atoms in total. The summed E-state index contributed by atoms with van der Waals surface area (Å²) >= 11 is 0. The molecular formula is C14H11NO3. The maximum absolute atomic E-state index is 10.7. The summed E-state index contributed by atoms with van der Waals surface area (Å²) in [5.74, 6) is -0.794. The first-order valence-corrected chi connectivity index (χ1v) is 5.31. The molecule has 0 fully saturated rings. The number of nitrogens with zero attached hydrogens (tertiary/aromatic N) is 1. The van der Waals surface area contributed by atoms with E-state index < -0.39 is 5.97 Å². The quantitative estimate of drug-likeness (QED) is 0.812. The maximum atomic E-state index is 10.7. The Labute approximate surface area is 104 Å². The second-order valence-electron chi connectivity index (χ2n) is 3.71. The molecule has 0 atom stereocenters. The summed E-state index contributed by atoms with van der Waals surface area (Å²) in [5, 5.41) is 18.0. The van der Waals surface area contributed by atoms with Crippen molar-refractivity contribution in [2.75, 3.05) is 0 Å². The molecule has 0 unspecified atom stereocenters. The number of aliphatic imine (C=N–C) groups is 1. The van der Waals surface area contributed by atoms with E-state index in [4.69, 9.17) is 5.11 Å². The molecule has 0 aliphatic carbocycles. The van der Waals surface area contributed by atoms with Crippen molar-refractivity contribution >= 4 is 17.9 Å². The van der Waals surface area contributed by atoms with Gasteiger partial charge in [0.25, 0.3) is 0 Å². The van der Waals surface area contributed by atoms with Gasteiger partial charge in [0, 0.05) is 12.3 Å². The van der Waals surface area contributed by atoms with E-state index in [1.54, 1.807) is 42.6 Å². The zero-order valence-electron chi connectivity index (χ0n) is 9.45. The van der Waals surface area contributed by atoms with Gasteiger partial charge < -0.3 is 10.2 Å². The molecule has 2 rings (SSSR count). The zero-order chi connectivity index (χ0) is 13.0. The highest BCUT2D eigenvalue weighted by atomic mass is 16.4. The number of phenolic OH excluding ortho intramolecular Hbond substituents is 1. The van der Waals surface area contributed by atoms with Gasteiger partial charge in [0.05, 0.1) is 11.3 Å². The predicted octanol–water partition coefficient (Wildman–Crippen LogP) is 2.84. The summed E-state index contributed by atoms with van der Waals surface area (Å²) in [4.78, 5) is 14.8. The lowest BCUT2D eigenvalue weighted by molar-refractivity contribution is 0.0697. The van der Waals surface area contributed by atoms with Crippen LogP contribution in [0.5, 0.6) is 5.75 Å². The molecule has 2 N–H and O–H groups in total. The highest BCUT2D eigenvalue weighted by molar-refractivity contribution is 5.89. The van der Waals surface area contributed by atoms with Crippen LogP contribution in [-0.2, 0) is 0 Å². The number of carboxylic acid groups (broad SMARTS) is 1. The van der Waals surface area contributed by atoms with Crippen molar-refractivity contribution in [3.05, 3.63) is 59.7 Å². The zero-order valence-corrected chi connectivity index (χ0v) is 9.45. The Morgan fingerprint density at radius 1 is 1.11 bits per heavy atom. The first-order valence-electron chi connectivity index (χ1n) is 5.31. The molecule has 2 aromatic carbocycles. The van der Waals surface area contributed by atoms with E-state index in [1.807, 2.05) is 0 Å². The third-order valence-electron chi connectivity index (χ3n) is 2.35. The van der Waals surface area contributed by atoms with Crippen LogP contribution in [0.25, 0.3) is 0 Å². The highest BCUT2D eigenvalue weighted by Gasteiger charge is 2.00. The molecule has 4 heteroatoms. The number of phenols is 1. The van der Waals surface area contributed by atoms with Gasteiger partial charge in [0.1, 0.15) is 5.75 Å². The van der Waals surface area contributed by atoms with Gasteiger partial charge in [-0.25, -0.2) is 4.79 Å². The monoisotopic (exact) mass is 241 g/mol. The van der Waals surface area contributed by atoms with Crippen LogP contribution in [0.1, 0.15) is 15.9 Å². The molecule has 0 amide bonds. The molecule has 0 aliphatic heterocycles. The van der Waals surface area contributed by atoms with Crippen LogP contribution in [0.3, 0.4) is 0 Å². The first-order chi connectivity index (χ1) is 8.65. The van der Waals surface area contributed by atoms with E-state index >= 15 is 0 Å². The molecule has 0 aromatic heterocycles. The predicted molar refractivity (Wildman–Crippen MR) is 68.8 cm³/mol. The van der Waals surface area contributed by atoms with E-state index in [2.05, 4.69) is 4.99 Å². The van der Waals surface area contributed by atoms with Crippen molar-refractivity contribution in [1.82, 2.24) is 0 Å². The standard InChI is InChI=1S/C14H11NO3/c16-13-3-1-2-12(8-13)15-9-10-4-6-11(7-5-10)14(17)18/h1-9,16H,(H,17,18). The second-order valence-corrected chi connectivity index (χ2v) is 3.71. The number of aromatic hydroxyl groups is 1. The van der Waals surface area contributed by atoms with E-state index in [-0.39, 0.29) is 11.3 Å². The van der Waals surface area contributed by atoms with Crippen molar-refractivity contribution in [3.8, 4) is 5.75 Å². The number of aromatic carboxylic acids is 1. The van der Waals surface area contributed by atoms with Gasteiger partial charge in [-0.3, -0.25) is 4.99 Å². The summed E-state index contributed by atoms with van der Waals surface area (Å²) in [7, 11) is 0. The molecular weight excluding hydrogens is 230 g/mol. The molecule has 0 radical (unpaired) electrons. The number of rotatable bonds is 3. The van der Waals surface area contributed by atoms with Crippen LogP contribution in [0.15, 0.2) is 53.5 Å². The summed E-state index contributed by atoms with van der Waals surface area (Å²) in [6.07, 6.45) is 1.61. The van der Waals surface area contributed by atoms with Gasteiger partial charge >= 0.3 is 5.97 Å². The molecule has 0 saturated carbocycles. The number of carboxylic acids is 1. The van der Waals surface area contributed by atoms with Crippen molar-refractivity contribution in [3.63, 3.8) is 0 Å². The van der Waals surface area contributed by atoms with Crippen LogP contribution in [0.4, 0.5) is 5.69 Å². The van der Waals surface area contributed by atoms with Gasteiger partial charge in [0.2, 0.25) is 0 Å². The van der Waals surface area contributed by atoms with E-state index in [9.17, 15) is 9.90 Å². The molecule has 18 heavy (non-hydrogen) atoms. The molecule has 0 bridgehead atoms. The van der Waals surface area contributed by atoms with E-state index in [0.29, 0.717) is 5.69 Å². The minimum absolute atomic E-state index is 0.158. The number of hydrogen-bond donors (Lipinski definition) is 2. The summed E-state index contributed by atoms with van der Waals surface area (Å²) in [5.41, 5.74) is 1.67. The fourth-order valence-corrected chi connectivity index (χ4v) is 1.43. The minimum Gasteiger partial charge on any atom is -0.508 e. The molecule has 0 saturated heterocycles. The fraction of sp³-hybridized carbons (Fsp3) is 0. The average molecular weight is 241 g/mol. The van der Waals surface area contributed by atoms with Crippen molar-refractivity contribution in [2.45, 2.75) is 0 Å². The fourth-order valence-electron chi connectivity index (χ4n) is 1.43. The Morgan fingerprint density at radius 2 is 1.83 bits per heavy atom. The highest BCUT2D eigenvalue weighted by Crippen LogP contribution is 2.18. The van der Waals surface area contributed by atoms with Crippen molar-refractivity contribution in [1.29, 1.82) is 0 Å². The minimum atomic E-state index is -0.952. The number of benzene rings is 2. The summed E-state index contributed by atoms with van der Waals surface area (Å²) in [6, 6.07) is 13.0. The molecule has 0 aliphatic rings. The van der Waals surface area contributed by atoms with Crippen molar-refractivity contribution in [2.24, 2.45) is 4.99 Å². The van der Waals surface area contributed by atoms with Crippen LogP contribution >= 0.6 is 0 Å². The Kier molecular flexibility index (Phi) is 3.38. The Bertz CT molecular complexity index is 588. The maximum Gasteiger partial charge on any atom is 0.335 e. The number of carbonyl (C=O) groups is 1. The smallest absolute Gasteiger partial charge is 0.335 e. The Balaban J connectivity index is 2.16. The van der Waals surface area contributed by atoms with Crippen LogP contribution in [0, 0.1) is 0 Å². The van der Waals surface area contributed by atoms with Crippen molar-refractivity contribution < 1.29 is 15.0 Å². The third-order valence-corrected chi connectivity index (χ3v) is 2.35. The topological polar surface area (TPSA) is 69.9 Å². The summed E-state index contributed by atoms with van der Waals surface area (Å²) in [6.45, 7) is 0. The normalized spacial score (nSPS) is 10.7. The number of hydrogen-bond acceptors (Lipinski definition) is 3. The van der Waals surface area contributed by atoms with Crippen LogP contribution < -0.4 is 0 Å². The average Bonchev–Trinajstić information content (AvgIpc) is 2.37. The lowest BCUT2D eigenvalue weighted by Crippen LogP contribution is -1.95.